The number of imide groups is 1. The Bertz CT molecular complexity index is 844. The number of hydrogen-bond acceptors (Lipinski definition) is 9. The Morgan fingerprint density at radius 3 is 2.00 bits per heavy atom. The average Bonchev–Trinajstić information content (AvgIpc) is 3.19. The van der Waals surface area contributed by atoms with E-state index in [9.17, 15) is 28.8 Å². The molecule has 206 valence electrons. The average molecular weight is 526 g/mol. The van der Waals surface area contributed by atoms with Crippen LogP contribution in [-0.4, -0.2) is 112 Å². The highest BCUT2D eigenvalue weighted by Gasteiger charge is 2.23. The van der Waals surface area contributed by atoms with Gasteiger partial charge in [-0.15, -0.1) is 0 Å². The number of rotatable bonds is 19. The topological polar surface area (TPSA) is 182 Å². The number of carbonyl (C=O) groups is 6. The highest BCUT2D eigenvalue weighted by molar-refractivity contribution is 6.13. The van der Waals surface area contributed by atoms with Crippen LogP contribution in [0.2, 0.25) is 0 Å². The number of aliphatic imine (C=N–C) groups is 1. The van der Waals surface area contributed by atoms with Crippen LogP contribution in [0.25, 0.3) is 0 Å². The lowest BCUT2D eigenvalue weighted by Gasteiger charge is -2.16. The summed E-state index contributed by atoms with van der Waals surface area (Å²) in [5.74, 6) is -2.58. The van der Waals surface area contributed by atoms with Crippen LogP contribution in [-0.2, 0) is 43.0 Å². The lowest BCUT2D eigenvalue weighted by atomic mass is 10.2. The van der Waals surface area contributed by atoms with Gasteiger partial charge in [0, 0.05) is 38.1 Å². The van der Waals surface area contributed by atoms with Gasteiger partial charge in [0.15, 0.2) is 0 Å². The maximum Gasteiger partial charge on any atom is 0.267 e. The van der Waals surface area contributed by atoms with Crippen molar-refractivity contribution in [3.05, 3.63) is 12.2 Å². The van der Waals surface area contributed by atoms with E-state index in [1.54, 1.807) is 0 Å². The second-order valence-electron chi connectivity index (χ2n) is 7.86. The van der Waals surface area contributed by atoms with Crippen molar-refractivity contribution in [1.82, 2.24) is 20.9 Å². The van der Waals surface area contributed by atoms with Crippen molar-refractivity contribution in [1.29, 1.82) is 0 Å². The van der Waals surface area contributed by atoms with Crippen LogP contribution in [0.15, 0.2) is 17.1 Å². The Morgan fingerprint density at radius 1 is 0.838 bits per heavy atom. The van der Waals surface area contributed by atoms with Crippen molar-refractivity contribution >= 4 is 42.2 Å². The summed E-state index contributed by atoms with van der Waals surface area (Å²) in [7, 11) is 0. The molecule has 14 heteroatoms. The summed E-state index contributed by atoms with van der Waals surface area (Å²) in [5.41, 5.74) is 0. The predicted molar refractivity (Wildman–Crippen MR) is 130 cm³/mol. The highest BCUT2D eigenvalue weighted by atomic mass is 16.5. The standard InChI is InChI=1S/C23H35N5O9/c1-16(22(33)24-3)27-23(34)17(2)26-19(30)7-10-35-12-14-37-15-13-36-11-8-25-18(29)6-9-28-20(31)4-5-21(28)32/h4-5,16-17H,3,6-15H2,1-2H3,(H,25,29)(H,26,30)(H,27,34)/t16-,17-/m1/s1. The first kappa shape index (κ1) is 31.5. The Hall–Kier alpha value is -3.49. The van der Waals surface area contributed by atoms with Crippen molar-refractivity contribution in [3.8, 4) is 0 Å². The first-order valence-electron chi connectivity index (χ1n) is 11.8. The summed E-state index contributed by atoms with van der Waals surface area (Å²) in [4.78, 5) is 73.9. The minimum atomic E-state index is -0.826. The highest BCUT2D eigenvalue weighted by Crippen LogP contribution is 2.03. The molecule has 0 fully saturated rings. The summed E-state index contributed by atoms with van der Waals surface area (Å²) >= 11 is 0. The van der Waals surface area contributed by atoms with Gasteiger partial charge in [0.05, 0.1) is 39.6 Å². The van der Waals surface area contributed by atoms with Gasteiger partial charge >= 0.3 is 0 Å². The number of nitrogens with one attached hydrogen (secondary N) is 3. The number of carbonyl (C=O) groups excluding carboxylic acids is 6. The molecule has 0 bridgehead atoms. The molecule has 0 saturated carbocycles. The first-order chi connectivity index (χ1) is 17.6. The van der Waals surface area contributed by atoms with E-state index in [0.717, 1.165) is 4.90 Å². The molecular formula is C23H35N5O9. The molecule has 0 unspecified atom stereocenters. The zero-order valence-electron chi connectivity index (χ0n) is 21.2. The van der Waals surface area contributed by atoms with Gasteiger partial charge in [0.1, 0.15) is 12.1 Å². The molecule has 1 heterocycles. The van der Waals surface area contributed by atoms with E-state index < -0.39 is 35.7 Å². The van der Waals surface area contributed by atoms with E-state index in [0.29, 0.717) is 19.8 Å². The normalized spacial score (nSPS) is 14.3. The molecule has 0 aliphatic carbocycles. The zero-order valence-corrected chi connectivity index (χ0v) is 21.2. The summed E-state index contributed by atoms with van der Waals surface area (Å²) in [6, 6.07) is -1.65. The molecule has 1 rings (SSSR count). The fraction of sp³-hybridized carbons (Fsp3) is 0.609. The molecule has 1 aliphatic heterocycles. The molecule has 6 amide bonds. The van der Waals surface area contributed by atoms with Crippen LogP contribution in [0.3, 0.4) is 0 Å². The first-order valence-corrected chi connectivity index (χ1v) is 11.8. The summed E-state index contributed by atoms with van der Waals surface area (Å²) < 4.78 is 16.0. The van der Waals surface area contributed by atoms with Gasteiger partial charge in [-0.3, -0.25) is 33.7 Å². The third kappa shape index (κ3) is 13.4. The lowest BCUT2D eigenvalue weighted by Crippen LogP contribution is -2.49. The number of amides is 6. The molecule has 0 spiro atoms. The van der Waals surface area contributed by atoms with Gasteiger partial charge < -0.3 is 30.2 Å². The van der Waals surface area contributed by atoms with Crippen LogP contribution < -0.4 is 16.0 Å². The predicted octanol–water partition coefficient (Wildman–Crippen LogP) is -1.91. The molecular weight excluding hydrogens is 490 g/mol. The van der Waals surface area contributed by atoms with E-state index in [1.165, 1.54) is 26.0 Å². The molecule has 0 aromatic heterocycles. The molecule has 0 aromatic rings. The Kier molecular flexibility index (Phi) is 15.2. The molecule has 14 nitrogen and oxygen atoms in total. The zero-order chi connectivity index (χ0) is 27.6. The summed E-state index contributed by atoms with van der Waals surface area (Å²) in [6.45, 7) is 8.01. The molecule has 3 N–H and O–H groups in total. The Labute approximate surface area is 215 Å². The minimum absolute atomic E-state index is 0.0216. The van der Waals surface area contributed by atoms with Gasteiger partial charge in [-0.25, -0.2) is 4.99 Å². The summed E-state index contributed by atoms with van der Waals surface area (Å²) in [5, 5.41) is 7.58. The van der Waals surface area contributed by atoms with Crippen LogP contribution >= 0.6 is 0 Å². The van der Waals surface area contributed by atoms with Crippen LogP contribution in [0.4, 0.5) is 0 Å². The van der Waals surface area contributed by atoms with Crippen molar-refractivity contribution in [2.75, 3.05) is 52.7 Å². The molecule has 0 saturated heterocycles. The maximum atomic E-state index is 11.9. The molecule has 1 aliphatic rings. The van der Waals surface area contributed by atoms with Crippen LogP contribution in [0, 0.1) is 0 Å². The maximum absolute atomic E-state index is 11.9. The fourth-order valence-electron chi connectivity index (χ4n) is 2.84. The third-order valence-corrected chi connectivity index (χ3v) is 4.90. The Morgan fingerprint density at radius 2 is 1.41 bits per heavy atom. The van der Waals surface area contributed by atoms with E-state index in [2.05, 4.69) is 27.7 Å². The van der Waals surface area contributed by atoms with Gasteiger partial charge in [0.2, 0.25) is 17.7 Å². The van der Waals surface area contributed by atoms with Gasteiger partial charge in [0.25, 0.3) is 17.7 Å². The SMILES string of the molecule is C=NC(=O)[C@@H](C)NC(=O)[C@@H](C)NC(=O)CCOCCOCCOCCNC(=O)CCN1C(=O)C=CC1=O. The van der Waals surface area contributed by atoms with Gasteiger partial charge in [-0.2, -0.15) is 0 Å². The lowest BCUT2D eigenvalue weighted by molar-refractivity contribution is -0.137. The number of ether oxygens (including phenoxy) is 3. The van der Waals surface area contributed by atoms with E-state index in [4.69, 9.17) is 14.2 Å². The smallest absolute Gasteiger partial charge is 0.267 e. The monoisotopic (exact) mass is 525 g/mol. The second kappa shape index (κ2) is 17.9. The largest absolute Gasteiger partial charge is 0.379 e. The number of hydrogen-bond donors (Lipinski definition) is 3. The van der Waals surface area contributed by atoms with E-state index in [-0.39, 0.29) is 57.6 Å². The molecule has 0 aromatic carbocycles. The molecule has 2 atom stereocenters. The van der Waals surface area contributed by atoms with Crippen LogP contribution in [0.1, 0.15) is 26.7 Å². The van der Waals surface area contributed by atoms with Gasteiger partial charge in [-0.1, -0.05) is 0 Å². The van der Waals surface area contributed by atoms with Crippen molar-refractivity contribution in [3.63, 3.8) is 0 Å². The third-order valence-electron chi connectivity index (χ3n) is 4.90. The van der Waals surface area contributed by atoms with E-state index >= 15 is 0 Å². The molecule has 0 radical (unpaired) electrons. The van der Waals surface area contributed by atoms with Crippen LogP contribution in [0.5, 0.6) is 0 Å². The van der Waals surface area contributed by atoms with Crippen molar-refractivity contribution < 1.29 is 43.0 Å². The Balaban J connectivity index is 1.93. The van der Waals surface area contributed by atoms with Crippen molar-refractivity contribution in [2.24, 2.45) is 4.99 Å². The minimum Gasteiger partial charge on any atom is -0.379 e. The van der Waals surface area contributed by atoms with Gasteiger partial charge in [-0.05, 0) is 20.6 Å². The summed E-state index contributed by atoms with van der Waals surface area (Å²) in [6.07, 6.45) is 2.42. The second-order valence-corrected chi connectivity index (χ2v) is 7.86. The quantitative estimate of drug-likeness (QED) is 0.0985. The number of nitrogens with zero attached hydrogens (tertiary/aromatic N) is 2. The van der Waals surface area contributed by atoms with Crippen molar-refractivity contribution in [2.45, 2.75) is 38.8 Å². The van der Waals surface area contributed by atoms with E-state index in [1.807, 2.05) is 0 Å². The fourth-order valence-corrected chi connectivity index (χ4v) is 2.84. The molecule has 37 heavy (non-hydrogen) atoms.